The molecule has 4 heterocycles. The van der Waals surface area contributed by atoms with Gasteiger partial charge in [0.05, 0.1) is 11.9 Å². The van der Waals surface area contributed by atoms with E-state index in [1.165, 1.54) is 10.1 Å². The van der Waals surface area contributed by atoms with Gasteiger partial charge in [0.2, 0.25) is 5.91 Å². The van der Waals surface area contributed by atoms with Crippen LogP contribution in [-0.2, 0) is 37.4 Å². The van der Waals surface area contributed by atoms with Crippen molar-refractivity contribution in [3.63, 3.8) is 0 Å². The van der Waals surface area contributed by atoms with Gasteiger partial charge >= 0.3 is 0 Å². The van der Waals surface area contributed by atoms with E-state index in [-0.39, 0.29) is 11.5 Å². The molecule has 0 radical (unpaired) electrons. The quantitative estimate of drug-likeness (QED) is 0.518. The van der Waals surface area contributed by atoms with Crippen molar-refractivity contribution in [2.75, 3.05) is 5.32 Å². The van der Waals surface area contributed by atoms with Gasteiger partial charge in [-0.2, -0.15) is 0 Å². The number of aryl methyl sites for hydroxylation is 2. The standard InChI is InChI=1S/C24H25ClN6O2/c1-14-4-15(7-18(25)5-14)8-28-20-13-29-22-3-2-21(31(22)24(20)33)23(32)30-10-16-6-17-11-26-12-19(17)27-9-16/h4-7,9,13,21,26,28H,2-3,8,10-12H2,1H3,(H,30,32)/t21-/m0/s1. The second kappa shape index (κ2) is 8.96. The molecule has 33 heavy (non-hydrogen) atoms. The largest absolute Gasteiger partial charge is 0.375 e. The SMILES string of the molecule is Cc1cc(Cl)cc(CNc2cnc3n(c2=O)[C@H](C(=O)NCc2cnc4c(c2)CNC4)CC3)c1. The average molecular weight is 465 g/mol. The molecule has 0 saturated heterocycles. The monoisotopic (exact) mass is 464 g/mol. The number of aromatic nitrogens is 3. The number of pyridine rings is 1. The van der Waals surface area contributed by atoms with Crippen molar-refractivity contribution >= 4 is 23.2 Å². The summed E-state index contributed by atoms with van der Waals surface area (Å²) in [6, 6.07) is 7.26. The van der Waals surface area contributed by atoms with Gasteiger partial charge in [-0.05, 0) is 53.8 Å². The van der Waals surface area contributed by atoms with Crippen LogP contribution in [0.4, 0.5) is 5.69 Å². The lowest BCUT2D eigenvalue weighted by atomic mass is 10.1. The first-order valence-electron chi connectivity index (χ1n) is 11.0. The van der Waals surface area contributed by atoms with Crippen molar-refractivity contribution in [2.24, 2.45) is 0 Å². The van der Waals surface area contributed by atoms with Crippen LogP contribution in [0.15, 0.2) is 41.5 Å². The van der Waals surface area contributed by atoms with E-state index in [1.54, 1.807) is 12.4 Å². The topological polar surface area (TPSA) is 101 Å². The Labute approximate surface area is 196 Å². The minimum Gasteiger partial charge on any atom is -0.375 e. The summed E-state index contributed by atoms with van der Waals surface area (Å²) in [5, 5.41) is 10.0. The fourth-order valence-electron chi connectivity index (χ4n) is 4.51. The van der Waals surface area contributed by atoms with E-state index in [9.17, 15) is 9.59 Å². The average Bonchev–Trinajstić information content (AvgIpc) is 3.43. The van der Waals surface area contributed by atoms with Crippen molar-refractivity contribution in [1.29, 1.82) is 0 Å². The Kier molecular flexibility index (Phi) is 5.86. The van der Waals surface area contributed by atoms with Gasteiger partial charge in [-0.25, -0.2) is 4.98 Å². The number of carbonyl (C=O) groups excluding carboxylic acids is 1. The molecule has 0 spiro atoms. The van der Waals surface area contributed by atoms with Gasteiger partial charge in [-0.1, -0.05) is 17.7 Å². The van der Waals surface area contributed by atoms with Gasteiger partial charge in [0, 0.05) is 43.8 Å². The number of nitrogens with zero attached hydrogens (tertiary/aromatic N) is 3. The van der Waals surface area contributed by atoms with Crippen LogP contribution in [0, 0.1) is 6.92 Å². The second-order valence-electron chi connectivity index (χ2n) is 8.58. The van der Waals surface area contributed by atoms with Crippen LogP contribution in [0.2, 0.25) is 5.02 Å². The van der Waals surface area contributed by atoms with E-state index < -0.39 is 6.04 Å². The van der Waals surface area contributed by atoms with Crippen molar-refractivity contribution in [2.45, 2.75) is 52.0 Å². The molecule has 2 aromatic heterocycles. The maximum Gasteiger partial charge on any atom is 0.277 e. The third-order valence-electron chi connectivity index (χ3n) is 6.10. The summed E-state index contributed by atoms with van der Waals surface area (Å²) in [5.41, 5.74) is 5.32. The Morgan fingerprint density at radius 2 is 2.03 bits per heavy atom. The zero-order valence-corrected chi connectivity index (χ0v) is 19.1. The number of carbonyl (C=O) groups is 1. The molecule has 1 aromatic carbocycles. The molecular formula is C24H25ClN6O2. The van der Waals surface area contributed by atoms with Crippen molar-refractivity contribution in [3.8, 4) is 0 Å². The first-order chi connectivity index (χ1) is 16.0. The van der Waals surface area contributed by atoms with Crippen molar-refractivity contribution in [1.82, 2.24) is 25.2 Å². The molecule has 1 amide bonds. The van der Waals surface area contributed by atoms with E-state index in [0.29, 0.717) is 42.5 Å². The number of halogens is 1. The lowest BCUT2D eigenvalue weighted by Crippen LogP contribution is -2.36. The van der Waals surface area contributed by atoms with Gasteiger partial charge in [0.1, 0.15) is 17.6 Å². The number of anilines is 1. The zero-order valence-electron chi connectivity index (χ0n) is 18.3. The number of hydrogen-bond donors (Lipinski definition) is 3. The highest BCUT2D eigenvalue weighted by Gasteiger charge is 2.31. The Balaban J connectivity index is 1.29. The minimum absolute atomic E-state index is 0.182. The maximum atomic E-state index is 13.2. The number of amides is 1. The number of nitrogens with one attached hydrogen (secondary N) is 3. The Morgan fingerprint density at radius 3 is 2.88 bits per heavy atom. The van der Waals surface area contributed by atoms with Crippen LogP contribution in [0.1, 0.15) is 46.2 Å². The summed E-state index contributed by atoms with van der Waals surface area (Å²) in [7, 11) is 0. The summed E-state index contributed by atoms with van der Waals surface area (Å²) >= 11 is 6.14. The van der Waals surface area contributed by atoms with E-state index in [4.69, 9.17) is 11.6 Å². The van der Waals surface area contributed by atoms with Crippen LogP contribution >= 0.6 is 11.6 Å². The van der Waals surface area contributed by atoms with Gasteiger partial charge < -0.3 is 16.0 Å². The van der Waals surface area contributed by atoms with E-state index in [1.807, 2.05) is 25.1 Å². The first-order valence-corrected chi connectivity index (χ1v) is 11.4. The van der Waals surface area contributed by atoms with Crippen LogP contribution in [0.25, 0.3) is 0 Å². The number of fused-ring (bicyclic) bond motifs is 2. The molecule has 0 bridgehead atoms. The normalized spacial score (nSPS) is 16.4. The van der Waals surface area contributed by atoms with Crippen LogP contribution in [0.3, 0.4) is 0 Å². The summed E-state index contributed by atoms with van der Waals surface area (Å²) in [6.45, 7) is 4.36. The van der Waals surface area contributed by atoms with Crippen LogP contribution in [0.5, 0.6) is 0 Å². The molecule has 170 valence electrons. The molecular weight excluding hydrogens is 440 g/mol. The number of benzene rings is 1. The molecule has 2 aliphatic rings. The molecule has 9 heteroatoms. The summed E-state index contributed by atoms with van der Waals surface area (Å²) in [6.07, 6.45) is 4.49. The molecule has 0 saturated carbocycles. The van der Waals surface area contributed by atoms with Gasteiger partial charge in [0.25, 0.3) is 5.56 Å². The van der Waals surface area contributed by atoms with E-state index in [0.717, 1.165) is 35.5 Å². The van der Waals surface area contributed by atoms with Crippen LogP contribution in [-0.4, -0.2) is 20.4 Å². The van der Waals surface area contributed by atoms with Gasteiger partial charge in [0.15, 0.2) is 0 Å². The second-order valence-corrected chi connectivity index (χ2v) is 9.02. The lowest BCUT2D eigenvalue weighted by Gasteiger charge is -2.16. The molecule has 1 atom stereocenters. The van der Waals surface area contributed by atoms with Gasteiger partial charge in [-0.3, -0.25) is 19.1 Å². The third-order valence-corrected chi connectivity index (χ3v) is 6.32. The highest BCUT2D eigenvalue weighted by atomic mass is 35.5. The predicted octanol–water partition coefficient (Wildman–Crippen LogP) is 2.62. The Morgan fingerprint density at radius 1 is 1.15 bits per heavy atom. The van der Waals surface area contributed by atoms with E-state index >= 15 is 0 Å². The molecule has 5 rings (SSSR count). The van der Waals surface area contributed by atoms with Crippen LogP contribution < -0.4 is 21.5 Å². The van der Waals surface area contributed by atoms with Crippen molar-refractivity contribution < 1.29 is 4.79 Å². The highest BCUT2D eigenvalue weighted by Crippen LogP contribution is 2.24. The smallest absolute Gasteiger partial charge is 0.277 e. The fourth-order valence-corrected chi connectivity index (χ4v) is 4.82. The molecule has 2 aliphatic heterocycles. The number of hydrogen-bond acceptors (Lipinski definition) is 6. The zero-order chi connectivity index (χ0) is 22.9. The van der Waals surface area contributed by atoms with Crippen molar-refractivity contribution in [3.05, 3.63) is 85.8 Å². The molecule has 0 aliphatic carbocycles. The molecule has 0 unspecified atom stereocenters. The molecule has 3 aromatic rings. The minimum atomic E-state index is -0.570. The molecule has 8 nitrogen and oxygen atoms in total. The first kappa shape index (κ1) is 21.6. The highest BCUT2D eigenvalue weighted by molar-refractivity contribution is 6.30. The molecule has 3 N–H and O–H groups in total. The lowest BCUT2D eigenvalue weighted by molar-refractivity contribution is -0.124. The summed E-state index contributed by atoms with van der Waals surface area (Å²) in [4.78, 5) is 35.0. The van der Waals surface area contributed by atoms with E-state index in [2.05, 4.69) is 32.0 Å². The number of rotatable bonds is 6. The predicted molar refractivity (Wildman–Crippen MR) is 126 cm³/mol. The fraction of sp³-hybridized carbons (Fsp3) is 0.333. The molecule has 0 fully saturated rings. The Hall–Kier alpha value is -3.23. The summed E-state index contributed by atoms with van der Waals surface area (Å²) < 4.78 is 1.52. The maximum absolute atomic E-state index is 13.2. The Bertz CT molecular complexity index is 1270. The summed E-state index contributed by atoms with van der Waals surface area (Å²) in [5.74, 6) is 0.452. The third kappa shape index (κ3) is 4.49. The van der Waals surface area contributed by atoms with Gasteiger partial charge in [-0.15, -0.1) is 0 Å².